The van der Waals surface area contributed by atoms with Gasteiger partial charge in [0, 0.05) is 32.1 Å². The standard InChI is InChI=1S/C14H23N5O/c1-11(2)12-10-13-14(17-6-7-19(13)18-12)16-5-3-8-20-9-4-15/h6-7,10-11H,3-5,8-9,15H2,1-2H3,(H,16,17). The van der Waals surface area contributed by atoms with Crippen molar-refractivity contribution in [1.29, 1.82) is 0 Å². The minimum Gasteiger partial charge on any atom is -0.380 e. The van der Waals surface area contributed by atoms with Gasteiger partial charge in [0.05, 0.1) is 12.3 Å². The number of hydrogen-bond donors (Lipinski definition) is 2. The van der Waals surface area contributed by atoms with Crippen molar-refractivity contribution in [2.75, 3.05) is 31.6 Å². The van der Waals surface area contributed by atoms with Crippen molar-refractivity contribution in [2.45, 2.75) is 26.2 Å². The maximum atomic E-state index is 5.36. The molecule has 0 saturated carbocycles. The lowest BCUT2D eigenvalue weighted by molar-refractivity contribution is 0.141. The van der Waals surface area contributed by atoms with Crippen LogP contribution in [0.1, 0.15) is 31.9 Å². The second kappa shape index (κ2) is 7.21. The molecule has 0 spiro atoms. The summed E-state index contributed by atoms with van der Waals surface area (Å²) in [5.74, 6) is 1.28. The Hall–Kier alpha value is -1.66. The van der Waals surface area contributed by atoms with E-state index in [1.807, 2.05) is 10.7 Å². The Morgan fingerprint density at radius 2 is 2.25 bits per heavy atom. The van der Waals surface area contributed by atoms with Crippen molar-refractivity contribution in [2.24, 2.45) is 5.73 Å². The number of rotatable bonds is 8. The Balaban J connectivity index is 1.95. The molecule has 0 radical (unpaired) electrons. The van der Waals surface area contributed by atoms with Crippen LogP contribution in [-0.4, -0.2) is 40.9 Å². The molecular formula is C14H23N5O. The zero-order chi connectivity index (χ0) is 14.4. The van der Waals surface area contributed by atoms with Crippen LogP contribution in [0.5, 0.6) is 0 Å². The highest BCUT2D eigenvalue weighted by atomic mass is 16.5. The lowest BCUT2D eigenvalue weighted by atomic mass is 10.1. The van der Waals surface area contributed by atoms with E-state index in [1.54, 1.807) is 6.20 Å². The second-order valence-electron chi connectivity index (χ2n) is 5.01. The van der Waals surface area contributed by atoms with Gasteiger partial charge in [-0.1, -0.05) is 13.8 Å². The van der Waals surface area contributed by atoms with Crippen molar-refractivity contribution >= 4 is 11.3 Å². The van der Waals surface area contributed by atoms with Gasteiger partial charge in [0.25, 0.3) is 0 Å². The highest BCUT2D eigenvalue weighted by Crippen LogP contribution is 2.19. The zero-order valence-corrected chi connectivity index (χ0v) is 12.2. The van der Waals surface area contributed by atoms with Crippen LogP contribution >= 0.6 is 0 Å². The van der Waals surface area contributed by atoms with Gasteiger partial charge in [0.15, 0.2) is 5.82 Å². The molecule has 2 heterocycles. The predicted octanol–water partition coefficient (Wildman–Crippen LogP) is 1.63. The topological polar surface area (TPSA) is 77.5 Å². The number of hydrogen-bond acceptors (Lipinski definition) is 5. The van der Waals surface area contributed by atoms with Crippen LogP contribution in [0.25, 0.3) is 5.52 Å². The van der Waals surface area contributed by atoms with Crippen LogP contribution in [0.2, 0.25) is 0 Å². The predicted molar refractivity (Wildman–Crippen MR) is 80.1 cm³/mol. The van der Waals surface area contributed by atoms with E-state index >= 15 is 0 Å². The Bertz CT molecular complexity index is 537. The summed E-state index contributed by atoms with van der Waals surface area (Å²) in [5, 5.41) is 7.87. The molecule has 0 saturated heterocycles. The lowest BCUT2D eigenvalue weighted by Gasteiger charge is -2.07. The fraction of sp³-hybridized carbons (Fsp3) is 0.571. The van der Waals surface area contributed by atoms with E-state index in [2.05, 4.69) is 35.3 Å². The fourth-order valence-electron chi connectivity index (χ4n) is 1.93. The molecule has 2 aromatic heterocycles. The monoisotopic (exact) mass is 277 g/mol. The van der Waals surface area contributed by atoms with Gasteiger partial charge in [-0.2, -0.15) is 5.10 Å². The van der Waals surface area contributed by atoms with E-state index in [0.29, 0.717) is 25.7 Å². The molecule has 0 aromatic carbocycles. The smallest absolute Gasteiger partial charge is 0.152 e. The highest BCUT2D eigenvalue weighted by Gasteiger charge is 2.09. The molecule has 6 heteroatoms. The molecule has 6 nitrogen and oxygen atoms in total. The molecule has 0 aliphatic heterocycles. The van der Waals surface area contributed by atoms with Crippen LogP contribution in [0.3, 0.4) is 0 Å². The largest absolute Gasteiger partial charge is 0.380 e. The number of fused-ring (bicyclic) bond motifs is 1. The summed E-state index contributed by atoms with van der Waals surface area (Å²) < 4.78 is 7.21. The highest BCUT2D eigenvalue weighted by molar-refractivity contribution is 5.67. The maximum absolute atomic E-state index is 5.36. The summed E-state index contributed by atoms with van der Waals surface area (Å²) in [4.78, 5) is 4.38. The van der Waals surface area contributed by atoms with Crippen LogP contribution in [0.15, 0.2) is 18.5 Å². The van der Waals surface area contributed by atoms with E-state index in [9.17, 15) is 0 Å². The molecule has 0 aliphatic rings. The minimum atomic E-state index is 0.410. The normalized spacial score (nSPS) is 11.4. The van der Waals surface area contributed by atoms with Crippen LogP contribution in [0.4, 0.5) is 5.82 Å². The summed E-state index contributed by atoms with van der Waals surface area (Å²) >= 11 is 0. The molecule has 0 atom stereocenters. The van der Waals surface area contributed by atoms with Gasteiger partial charge in [-0.3, -0.25) is 0 Å². The molecule has 20 heavy (non-hydrogen) atoms. The number of aromatic nitrogens is 3. The minimum absolute atomic E-state index is 0.410. The quantitative estimate of drug-likeness (QED) is 0.717. The molecule has 0 amide bonds. The third kappa shape index (κ3) is 3.68. The molecule has 110 valence electrons. The summed E-state index contributed by atoms with van der Waals surface area (Å²) in [7, 11) is 0. The maximum Gasteiger partial charge on any atom is 0.152 e. The average molecular weight is 277 g/mol. The molecule has 0 unspecified atom stereocenters. The number of nitrogens with two attached hydrogens (primary N) is 1. The molecule has 0 fully saturated rings. The Labute approximate surface area is 119 Å². The van der Waals surface area contributed by atoms with Gasteiger partial charge in [-0.15, -0.1) is 0 Å². The van der Waals surface area contributed by atoms with Crippen molar-refractivity contribution in [1.82, 2.24) is 14.6 Å². The first-order valence-corrected chi connectivity index (χ1v) is 7.08. The molecule has 2 rings (SSSR count). The van der Waals surface area contributed by atoms with E-state index < -0.39 is 0 Å². The van der Waals surface area contributed by atoms with Gasteiger partial charge in [0.1, 0.15) is 5.52 Å². The molecular weight excluding hydrogens is 254 g/mol. The number of nitrogens with zero attached hydrogens (tertiary/aromatic N) is 3. The van der Waals surface area contributed by atoms with E-state index in [1.165, 1.54) is 0 Å². The van der Waals surface area contributed by atoms with Gasteiger partial charge in [-0.05, 0) is 18.4 Å². The summed E-state index contributed by atoms with van der Waals surface area (Å²) in [6.45, 7) is 6.99. The zero-order valence-electron chi connectivity index (χ0n) is 12.2. The van der Waals surface area contributed by atoms with E-state index in [4.69, 9.17) is 10.5 Å². The SMILES string of the molecule is CC(C)c1cc2c(NCCCOCCN)nccn2n1. The molecule has 0 aliphatic carbocycles. The first-order chi connectivity index (χ1) is 9.72. The Morgan fingerprint density at radius 3 is 3.00 bits per heavy atom. The van der Waals surface area contributed by atoms with Crippen molar-refractivity contribution in [3.05, 3.63) is 24.2 Å². The van der Waals surface area contributed by atoms with E-state index in [-0.39, 0.29) is 0 Å². The molecule has 2 aromatic rings. The fourth-order valence-corrected chi connectivity index (χ4v) is 1.93. The first-order valence-electron chi connectivity index (χ1n) is 7.08. The van der Waals surface area contributed by atoms with Crippen LogP contribution < -0.4 is 11.1 Å². The summed E-state index contributed by atoms with van der Waals surface area (Å²) in [5.41, 5.74) is 7.45. The Kier molecular flexibility index (Phi) is 5.31. The van der Waals surface area contributed by atoms with Crippen molar-refractivity contribution in [3.63, 3.8) is 0 Å². The molecule has 0 bridgehead atoms. The third-order valence-corrected chi connectivity index (χ3v) is 3.02. The number of ether oxygens (including phenoxy) is 1. The first kappa shape index (κ1) is 14.7. The van der Waals surface area contributed by atoms with Crippen molar-refractivity contribution in [3.8, 4) is 0 Å². The lowest BCUT2D eigenvalue weighted by Crippen LogP contribution is -2.12. The number of anilines is 1. The van der Waals surface area contributed by atoms with Gasteiger partial charge in [0.2, 0.25) is 0 Å². The van der Waals surface area contributed by atoms with Gasteiger partial charge < -0.3 is 15.8 Å². The van der Waals surface area contributed by atoms with E-state index in [0.717, 1.165) is 30.0 Å². The summed E-state index contributed by atoms with van der Waals surface area (Å²) in [6, 6.07) is 2.09. The van der Waals surface area contributed by atoms with Crippen molar-refractivity contribution < 1.29 is 4.74 Å². The van der Waals surface area contributed by atoms with Gasteiger partial charge >= 0.3 is 0 Å². The van der Waals surface area contributed by atoms with Crippen LogP contribution in [-0.2, 0) is 4.74 Å². The van der Waals surface area contributed by atoms with Crippen LogP contribution in [0, 0.1) is 0 Å². The summed E-state index contributed by atoms with van der Waals surface area (Å²) in [6.07, 6.45) is 4.56. The number of nitrogens with one attached hydrogen (secondary N) is 1. The second-order valence-corrected chi connectivity index (χ2v) is 5.01. The average Bonchev–Trinajstić information content (AvgIpc) is 2.87. The third-order valence-electron chi connectivity index (χ3n) is 3.02. The van der Waals surface area contributed by atoms with Gasteiger partial charge in [-0.25, -0.2) is 9.50 Å². The molecule has 3 N–H and O–H groups in total. The Morgan fingerprint density at radius 1 is 1.40 bits per heavy atom.